The minimum Gasteiger partial charge on any atom is -0.710 e. The van der Waals surface area contributed by atoms with E-state index >= 15 is 0 Å². The molecular weight excluding hydrogens is 410 g/mol. The number of hydrogen-bond donors (Lipinski definition) is 0. The van der Waals surface area contributed by atoms with E-state index < -0.39 is 23.5 Å². The first-order valence-electron chi connectivity index (χ1n) is 8.65. The van der Waals surface area contributed by atoms with Gasteiger partial charge in [-0.2, -0.15) is 30.7 Å². The van der Waals surface area contributed by atoms with Gasteiger partial charge in [0.25, 0.3) is 5.65 Å². The summed E-state index contributed by atoms with van der Waals surface area (Å²) in [5.74, 6) is 0. The van der Waals surface area contributed by atoms with Crippen molar-refractivity contribution in [2.75, 3.05) is 0 Å². The summed E-state index contributed by atoms with van der Waals surface area (Å²) >= 11 is 0. The Balaban J connectivity index is 1.94. The number of aromatic nitrogens is 2. The van der Waals surface area contributed by atoms with Crippen LogP contribution in [0.25, 0.3) is 28.2 Å². The topological polar surface area (TPSA) is 31.3 Å². The Morgan fingerprint density at radius 2 is 1.17 bits per heavy atom. The molecule has 2 heterocycles. The molecule has 0 unspecified atom stereocenters. The van der Waals surface area contributed by atoms with E-state index in [2.05, 4.69) is 0 Å². The first-order valence-corrected chi connectivity index (χ1v) is 8.65. The maximum Gasteiger partial charge on any atom is 0.416 e. The predicted octanol–water partition coefficient (Wildman–Crippen LogP) is 5.94. The van der Waals surface area contributed by atoms with Crippen molar-refractivity contribution in [2.24, 2.45) is 0 Å². The molecule has 4 rings (SSSR count). The van der Waals surface area contributed by atoms with Crippen LogP contribution in [0, 0.1) is 5.21 Å². The second kappa shape index (κ2) is 6.79. The summed E-state index contributed by atoms with van der Waals surface area (Å²) in [5, 5.41) is 12.9. The highest BCUT2D eigenvalue weighted by Crippen LogP contribution is 2.36. The van der Waals surface area contributed by atoms with Crippen LogP contribution in [0.3, 0.4) is 0 Å². The number of halogens is 6. The van der Waals surface area contributed by atoms with Crippen LogP contribution in [0.4, 0.5) is 26.3 Å². The van der Waals surface area contributed by atoms with E-state index in [0.29, 0.717) is 10.3 Å². The Hall–Kier alpha value is -3.49. The van der Waals surface area contributed by atoms with E-state index in [-0.39, 0.29) is 22.6 Å². The zero-order chi connectivity index (χ0) is 21.7. The molecule has 2 aromatic heterocycles. The number of fused-ring (bicyclic) bond motifs is 1. The minimum atomic E-state index is -4.53. The van der Waals surface area contributed by atoms with Crippen molar-refractivity contribution >= 4 is 5.65 Å². The van der Waals surface area contributed by atoms with Crippen molar-refractivity contribution in [2.45, 2.75) is 12.4 Å². The quantitative estimate of drug-likeness (QED) is 0.223. The molecule has 0 aliphatic rings. The highest BCUT2D eigenvalue weighted by Gasteiger charge is 2.32. The van der Waals surface area contributed by atoms with Gasteiger partial charge in [-0.15, -0.1) is 0 Å². The Bertz CT molecular complexity index is 1210. The summed E-state index contributed by atoms with van der Waals surface area (Å²) in [6.45, 7) is 0. The standard InChI is InChI=1S/C21H12F6N2O/c22-20(23,24)15-8-4-13(5-9-15)18-19(29(30)17-3-1-2-12-28(17)18)14-6-10-16(11-7-14)21(25,26)27/h1-12H. The summed E-state index contributed by atoms with van der Waals surface area (Å²) < 4.78 is 79.4. The molecule has 154 valence electrons. The molecule has 0 aliphatic carbocycles. The van der Waals surface area contributed by atoms with Gasteiger partial charge < -0.3 is 5.21 Å². The fourth-order valence-electron chi connectivity index (χ4n) is 3.28. The molecule has 0 saturated carbocycles. The average molecular weight is 422 g/mol. The number of imidazole rings is 1. The van der Waals surface area contributed by atoms with Gasteiger partial charge in [0, 0.05) is 17.2 Å². The number of rotatable bonds is 2. The summed E-state index contributed by atoms with van der Waals surface area (Å²) in [5.41, 5.74) is -0.710. The highest BCUT2D eigenvalue weighted by molar-refractivity contribution is 5.79. The molecule has 3 nitrogen and oxygen atoms in total. The lowest BCUT2D eigenvalue weighted by Crippen LogP contribution is -2.27. The molecule has 4 aromatic rings. The lowest BCUT2D eigenvalue weighted by Gasteiger charge is -2.10. The first-order chi connectivity index (χ1) is 14.1. The van der Waals surface area contributed by atoms with Crippen LogP contribution in [0.15, 0.2) is 72.9 Å². The van der Waals surface area contributed by atoms with Gasteiger partial charge in [-0.3, -0.25) is 0 Å². The SMILES string of the molecule is [O-][n+]1c(-c2ccc(C(F)(F)F)cc2)c(-c2ccc(C(F)(F)F)cc2)n2ccccc21. The van der Waals surface area contributed by atoms with Crippen molar-refractivity contribution in [3.05, 3.63) is 89.3 Å². The normalized spacial score (nSPS) is 12.5. The molecule has 0 atom stereocenters. The van der Waals surface area contributed by atoms with Gasteiger partial charge in [0.05, 0.1) is 17.3 Å². The molecule has 0 fully saturated rings. The second-order valence-electron chi connectivity index (χ2n) is 6.57. The largest absolute Gasteiger partial charge is 0.710 e. The van der Waals surface area contributed by atoms with Crippen LogP contribution >= 0.6 is 0 Å². The molecule has 0 spiro atoms. The van der Waals surface area contributed by atoms with Crippen LogP contribution in [0.2, 0.25) is 0 Å². The Kier molecular flexibility index (Phi) is 4.48. The van der Waals surface area contributed by atoms with Crippen molar-refractivity contribution in [1.29, 1.82) is 0 Å². The summed E-state index contributed by atoms with van der Waals surface area (Å²) in [4.78, 5) is 0. The van der Waals surface area contributed by atoms with Crippen molar-refractivity contribution in [3.63, 3.8) is 0 Å². The van der Waals surface area contributed by atoms with Gasteiger partial charge in [-0.05, 0) is 54.6 Å². The number of benzene rings is 2. The van der Waals surface area contributed by atoms with Gasteiger partial charge in [-0.1, -0.05) is 6.07 Å². The fourth-order valence-corrected chi connectivity index (χ4v) is 3.28. The molecule has 0 amide bonds. The lowest BCUT2D eigenvalue weighted by atomic mass is 10.0. The maximum absolute atomic E-state index is 12.9. The predicted molar refractivity (Wildman–Crippen MR) is 97.2 cm³/mol. The van der Waals surface area contributed by atoms with Gasteiger partial charge in [0.1, 0.15) is 0 Å². The van der Waals surface area contributed by atoms with E-state index in [1.165, 1.54) is 34.7 Å². The zero-order valence-corrected chi connectivity index (χ0v) is 15.0. The monoisotopic (exact) mass is 422 g/mol. The first kappa shape index (κ1) is 19.8. The van der Waals surface area contributed by atoms with Crippen LogP contribution in [0.1, 0.15) is 11.1 Å². The Labute approximate surface area is 166 Å². The third-order valence-electron chi connectivity index (χ3n) is 4.69. The zero-order valence-electron chi connectivity index (χ0n) is 15.0. The van der Waals surface area contributed by atoms with E-state index in [1.54, 1.807) is 18.3 Å². The van der Waals surface area contributed by atoms with E-state index in [4.69, 9.17) is 0 Å². The third kappa shape index (κ3) is 3.36. The number of pyridine rings is 1. The lowest BCUT2D eigenvalue weighted by molar-refractivity contribution is -0.564. The molecule has 30 heavy (non-hydrogen) atoms. The fraction of sp³-hybridized carbons (Fsp3) is 0.0952. The Morgan fingerprint density at radius 1 is 0.667 bits per heavy atom. The molecular formula is C21H12F6N2O. The third-order valence-corrected chi connectivity index (χ3v) is 4.69. The van der Waals surface area contributed by atoms with Gasteiger partial charge in [0.2, 0.25) is 0 Å². The Morgan fingerprint density at radius 3 is 1.67 bits per heavy atom. The second-order valence-corrected chi connectivity index (χ2v) is 6.57. The molecule has 0 saturated heterocycles. The van der Waals surface area contributed by atoms with Crippen molar-refractivity contribution < 1.29 is 31.1 Å². The van der Waals surface area contributed by atoms with Gasteiger partial charge in [0.15, 0.2) is 11.4 Å². The van der Waals surface area contributed by atoms with Crippen LogP contribution < -0.4 is 4.73 Å². The van der Waals surface area contributed by atoms with E-state index in [9.17, 15) is 31.5 Å². The number of hydrogen-bond acceptors (Lipinski definition) is 1. The summed E-state index contributed by atoms with van der Waals surface area (Å²) in [6, 6.07) is 13.0. The van der Waals surface area contributed by atoms with Crippen LogP contribution in [0.5, 0.6) is 0 Å². The average Bonchev–Trinajstić information content (AvgIpc) is 3.00. The van der Waals surface area contributed by atoms with Crippen LogP contribution in [-0.4, -0.2) is 4.40 Å². The number of nitrogens with zero attached hydrogens (tertiary/aromatic N) is 2. The highest BCUT2D eigenvalue weighted by atomic mass is 19.4. The van der Waals surface area contributed by atoms with E-state index in [1.807, 2.05) is 0 Å². The summed E-state index contributed by atoms with van der Waals surface area (Å²) in [6.07, 6.45) is -7.49. The van der Waals surface area contributed by atoms with Crippen molar-refractivity contribution in [3.8, 4) is 22.5 Å². The summed E-state index contributed by atoms with van der Waals surface area (Å²) in [7, 11) is 0. The molecule has 2 aromatic carbocycles. The van der Waals surface area contributed by atoms with Crippen LogP contribution in [-0.2, 0) is 12.4 Å². The minimum absolute atomic E-state index is 0.0367. The van der Waals surface area contributed by atoms with Gasteiger partial charge >= 0.3 is 12.4 Å². The smallest absolute Gasteiger partial charge is 0.416 e. The van der Waals surface area contributed by atoms with E-state index in [0.717, 1.165) is 24.3 Å². The van der Waals surface area contributed by atoms with Gasteiger partial charge in [-0.25, -0.2) is 4.73 Å². The molecule has 0 N–H and O–H groups in total. The molecule has 9 heteroatoms. The molecule has 0 bridgehead atoms. The molecule has 0 aliphatic heterocycles. The number of alkyl halides is 6. The maximum atomic E-state index is 12.9. The van der Waals surface area contributed by atoms with Crippen molar-refractivity contribution in [1.82, 2.24) is 4.40 Å². The molecule has 0 radical (unpaired) electrons.